The van der Waals surface area contributed by atoms with Crippen LogP contribution >= 0.6 is 0 Å². The molecule has 0 aliphatic heterocycles. The normalized spacial score (nSPS) is 26.5. The van der Waals surface area contributed by atoms with Crippen molar-refractivity contribution >= 4 is 0 Å². The van der Waals surface area contributed by atoms with Gasteiger partial charge in [-0.05, 0) is 19.3 Å². The van der Waals surface area contributed by atoms with Gasteiger partial charge in [0.1, 0.15) is 0 Å². The quantitative estimate of drug-likeness (QED) is 0.699. The lowest BCUT2D eigenvalue weighted by atomic mass is 9.95. The largest absolute Gasteiger partial charge is 0.379 e. The molecule has 2 atom stereocenters. The summed E-state index contributed by atoms with van der Waals surface area (Å²) in [6.07, 6.45) is 10.0. The van der Waals surface area contributed by atoms with E-state index in [0.29, 0.717) is 13.2 Å². The maximum absolute atomic E-state index is 6.15. The van der Waals surface area contributed by atoms with Crippen LogP contribution in [0.3, 0.4) is 0 Å². The lowest BCUT2D eigenvalue weighted by Crippen LogP contribution is -2.38. The molecule has 0 aromatic heterocycles. The van der Waals surface area contributed by atoms with Crippen LogP contribution in [0, 0.1) is 0 Å². The number of hydrogen-bond donors (Lipinski definition) is 1. The SMILES string of the molecule is CCCCOCCOC1CCCCCCC1N. The third kappa shape index (κ3) is 7.02. The number of unbranched alkanes of at least 4 members (excludes halogenated alkanes) is 1. The van der Waals surface area contributed by atoms with E-state index in [2.05, 4.69) is 6.92 Å². The van der Waals surface area contributed by atoms with Crippen molar-refractivity contribution in [3.05, 3.63) is 0 Å². The molecule has 0 aromatic carbocycles. The van der Waals surface area contributed by atoms with Crippen LogP contribution in [-0.4, -0.2) is 32.0 Å². The van der Waals surface area contributed by atoms with E-state index in [9.17, 15) is 0 Å². The lowest BCUT2D eigenvalue weighted by molar-refractivity contribution is -0.0140. The predicted molar refractivity (Wildman–Crippen MR) is 71.1 cm³/mol. The summed E-state index contributed by atoms with van der Waals surface area (Å²) in [6.45, 7) is 4.44. The van der Waals surface area contributed by atoms with Crippen molar-refractivity contribution in [1.82, 2.24) is 0 Å². The molecule has 2 N–H and O–H groups in total. The summed E-state index contributed by atoms with van der Waals surface area (Å²) >= 11 is 0. The van der Waals surface area contributed by atoms with Gasteiger partial charge in [0.25, 0.3) is 0 Å². The molecule has 1 fully saturated rings. The molecule has 17 heavy (non-hydrogen) atoms. The molecule has 1 aliphatic rings. The third-order valence-corrected chi connectivity index (χ3v) is 3.46. The Morgan fingerprint density at radius 2 is 1.76 bits per heavy atom. The van der Waals surface area contributed by atoms with Crippen LogP contribution < -0.4 is 5.73 Å². The fraction of sp³-hybridized carbons (Fsp3) is 1.00. The molecule has 1 saturated carbocycles. The van der Waals surface area contributed by atoms with Crippen LogP contribution in [-0.2, 0) is 9.47 Å². The van der Waals surface area contributed by atoms with Crippen LogP contribution in [0.25, 0.3) is 0 Å². The zero-order valence-electron chi connectivity index (χ0n) is 11.3. The maximum atomic E-state index is 6.15. The summed E-state index contributed by atoms with van der Waals surface area (Å²) in [6, 6.07) is 0.228. The van der Waals surface area contributed by atoms with Gasteiger partial charge in [0.15, 0.2) is 0 Å². The molecule has 1 aliphatic carbocycles. The zero-order valence-corrected chi connectivity index (χ0v) is 11.3. The summed E-state index contributed by atoms with van der Waals surface area (Å²) < 4.78 is 11.4. The van der Waals surface area contributed by atoms with Gasteiger partial charge in [-0.1, -0.05) is 39.0 Å². The number of hydrogen-bond acceptors (Lipinski definition) is 3. The van der Waals surface area contributed by atoms with Gasteiger partial charge in [0.05, 0.1) is 19.3 Å². The summed E-state index contributed by atoms with van der Waals surface area (Å²) in [5.41, 5.74) is 6.15. The molecule has 0 radical (unpaired) electrons. The van der Waals surface area contributed by atoms with Crippen molar-refractivity contribution in [2.75, 3.05) is 19.8 Å². The summed E-state index contributed by atoms with van der Waals surface area (Å²) in [5, 5.41) is 0. The van der Waals surface area contributed by atoms with E-state index in [1.165, 1.54) is 32.1 Å². The molecule has 0 aromatic rings. The Kier molecular flexibility index (Phi) is 8.67. The van der Waals surface area contributed by atoms with Crippen molar-refractivity contribution in [1.29, 1.82) is 0 Å². The van der Waals surface area contributed by atoms with Crippen molar-refractivity contribution in [3.8, 4) is 0 Å². The molecular formula is C14H29NO2. The van der Waals surface area contributed by atoms with Gasteiger partial charge in [-0.2, -0.15) is 0 Å². The van der Waals surface area contributed by atoms with E-state index in [4.69, 9.17) is 15.2 Å². The molecule has 102 valence electrons. The standard InChI is InChI=1S/C14H29NO2/c1-2-3-10-16-11-12-17-14-9-7-5-4-6-8-13(14)15/h13-14H,2-12,15H2,1H3. The van der Waals surface area contributed by atoms with E-state index >= 15 is 0 Å². The second-order valence-corrected chi connectivity index (χ2v) is 5.03. The highest BCUT2D eigenvalue weighted by Crippen LogP contribution is 2.18. The van der Waals surface area contributed by atoms with Crippen molar-refractivity contribution < 1.29 is 9.47 Å². The molecule has 0 saturated heterocycles. The van der Waals surface area contributed by atoms with Gasteiger partial charge >= 0.3 is 0 Å². The smallest absolute Gasteiger partial charge is 0.0727 e. The van der Waals surface area contributed by atoms with Crippen LogP contribution in [0.15, 0.2) is 0 Å². The van der Waals surface area contributed by atoms with Crippen LogP contribution in [0.1, 0.15) is 58.3 Å². The second kappa shape index (κ2) is 9.86. The fourth-order valence-electron chi connectivity index (χ4n) is 2.29. The molecule has 1 rings (SSSR count). The number of nitrogens with two attached hydrogens (primary N) is 1. The van der Waals surface area contributed by atoms with Gasteiger partial charge in [0, 0.05) is 12.6 Å². The fourth-order valence-corrected chi connectivity index (χ4v) is 2.29. The monoisotopic (exact) mass is 243 g/mol. The molecule has 0 bridgehead atoms. The first kappa shape index (κ1) is 14.9. The van der Waals surface area contributed by atoms with E-state index in [-0.39, 0.29) is 12.1 Å². The summed E-state index contributed by atoms with van der Waals surface area (Å²) in [7, 11) is 0. The Morgan fingerprint density at radius 1 is 1.00 bits per heavy atom. The molecule has 0 spiro atoms. The number of rotatable bonds is 7. The first-order valence-corrected chi connectivity index (χ1v) is 7.29. The zero-order chi connectivity index (χ0) is 12.3. The highest BCUT2D eigenvalue weighted by Gasteiger charge is 2.19. The first-order valence-electron chi connectivity index (χ1n) is 7.29. The van der Waals surface area contributed by atoms with Gasteiger partial charge < -0.3 is 15.2 Å². The third-order valence-electron chi connectivity index (χ3n) is 3.46. The van der Waals surface area contributed by atoms with Crippen LogP contribution in [0.2, 0.25) is 0 Å². The van der Waals surface area contributed by atoms with Crippen LogP contribution in [0.4, 0.5) is 0 Å². The topological polar surface area (TPSA) is 44.5 Å². The Balaban J connectivity index is 2.06. The molecule has 3 nitrogen and oxygen atoms in total. The summed E-state index contributed by atoms with van der Waals surface area (Å²) in [5.74, 6) is 0. The molecular weight excluding hydrogens is 214 g/mol. The maximum Gasteiger partial charge on any atom is 0.0727 e. The van der Waals surface area contributed by atoms with E-state index in [0.717, 1.165) is 25.9 Å². The Morgan fingerprint density at radius 3 is 2.53 bits per heavy atom. The molecule has 0 heterocycles. The van der Waals surface area contributed by atoms with Crippen molar-refractivity contribution in [3.63, 3.8) is 0 Å². The van der Waals surface area contributed by atoms with E-state index in [1.54, 1.807) is 0 Å². The minimum absolute atomic E-state index is 0.228. The Bertz CT molecular complexity index is 176. The molecule has 2 unspecified atom stereocenters. The summed E-state index contributed by atoms with van der Waals surface area (Å²) in [4.78, 5) is 0. The average Bonchev–Trinajstić information content (AvgIpc) is 2.32. The Labute approximate surface area is 106 Å². The minimum Gasteiger partial charge on any atom is -0.379 e. The van der Waals surface area contributed by atoms with Gasteiger partial charge in [-0.15, -0.1) is 0 Å². The minimum atomic E-state index is 0.228. The van der Waals surface area contributed by atoms with Gasteiger partial charge in [0.2, 0.25) is 0 Å². The molecule has 3 heteroatoms. The Hall–Kier alpha value is -0.120. The molecule has 0 amide bonds. The highest BCUT2D eigenvalue weighted by atomic mass is 16.5. The van der Waals surface area contributed by atoms with E-state index < -0.39 is 0 Å². The number of ether oxygens (including phenoxy) is 2. The predicted octanol–water partition coefficient (Wildman–Crippen LogP) is 2.87. The van der Waals surface area contributed by atoms with Gasteiger partial charge in [-0.25, -0.2) is 0 Å². The average molecular weight is 243 g/mol. The van der Waals surface area contributed by atoms with Gasteiger partial charge in [-0.3, -0.25) is 0 Å². The van der Waals surface area contributed by atoms with Crippen molar-refractivity contribution in [2.45, 2.75) is 70.4 Å². The van der Waals surface area contributed by atoms with Crippen molar-refractivity contribution in [2.24, 2.45) is 5.73 Å². The van der Waals surface area contributed by atoms with E-state index in [1.807, 2.05) is 0 Å². The second-order valence-electron chi connectivity index (χ2n) is 5.03. The lowest BCUT2D eigenvalue weighted by Gasteiger charge is -2.26. The van der Waals surface area contributed by atoms with Crippen LogP contribution in [0.5, 0.6) is 0 Å². The highest BCUT2D eigenvalue weighted by molar-refractivity contribution is 4.75. The first-order chi connectivity index (χ1) is 8.34.